The van der Waals surface area contributed by atoms with Crippen molar-refractivity contribution in [1.29, 1.82) is 0 Å². The predicted molar refractivity (Wildman–Crippen MR) is 90.9 cm³/mol. The Morgan fingerprint density at radius 1 is 1.48 bits per heavy atom. The molecule has 3 rings (SSSR count). The van der Waals surface area contributed by atoms with E-state index in [2.05, 4.69) is 15.2 Å². The van der Waals surface area contributed by atoms with E-state index in [9.17, 15) is 4.79 Å². The lowest BCUT2D eigenvalue weighted by Gasteiger charge is -2.26. The van der Waals surface area contributed by atoms with Crippen molar-refractivity contribution in [3.05, 3.63) is 18.3 Å². The maximum absolute atomic E-state index is 12.6. The Balaban J connectivity index is 1.66. The van der Waals surface area contributed by atoms with Gasteiger partial charge in [0.2, 0.25) is 0 Å². The Kier molecular flexibility index (Phi) is 5.33. The van der Waals surface area contributed by atoms with Crippen LogP contribution in [-0.2, 0) is 4.74 Å². The predicted octanol–water partition coefficient (Wildman–Crippen LogP) is 2.57. The number of anilines is 2. The second kappa shape index (κ2) is 7.64. The molecular weight excluding hydrogens is 292 g/mol. The fourth-order valence-corrected chi connectivity index (χ4v) is 3.26. The Morgan fingerprint density at radius 2 is 2.30 bits per heavy atom. The summed E-state index contributed by atoms with van der Waals surface area (Å²) in [6, 6.07) is 3.76. The van der Waals surface area contributed by atoms with Crippen LogP contribution < -0.4 is 10.2 Å². The van der Waals surface area contributed by atoms with Gasteiger partial charge in [0.1, 0.15) is 0 Å². The van der Waals surface area contributed by atoms with Crippen LogP contribution in [0.25, 0.3) is 0 Å². The summed E-state index contributed by atoms with van der Waals surface area (Å²) in [6.45, 7) is 7.05. The van der Waals surface area contributed by atoms with Crippen molar-refractivity contribution in [1.82, 2.24) is 9.88 Å². The number of amides is 2. The molecule has 2 aliphatic rings. The first-order valence-corrected chi connectivity index (χ1v) is 8.61. The molecule has 2 amide bonds. The summed E-state index contributed by atoms with van der Waals surface area (Å²) in [4.78, 5) is 21.2. The highest BCUT2D eigenvalue weighted by molar-refractivity contribution is 5.92. The number of hydrogen-bond acceptors (Lipinski definition) is 4. The van der Waals surface area contributed by atoms with Crippen LogP contribution in [0.3, 0.4) is 0 Å². The van der Waals surface area contributed by atoms with Crippen LogP contribution in [0.5, 0.6) is 0 Å². The van der Waals surface area contributed by atoms with Crippen LogP contribution >= 0.6 is 0 Å². The number of nitrogens with zero attached hydrogens (tertiary/aromatic N) is 3. The third kappa shape index (κ3) is 3.93. The summed E-state index contributed by atoms with van der Waals surface area (Å²) < 4.78 is 5.41. The highest BCUT2D eigenvalue weighted by Crippen LogP contribution is 2.26. The van der Waals surface area contributed by atoms with E-state index < -0.39 is 0 Å². The molecule has 0 unspecified atom stereocenters. The summed E-state index contributed by atoms with van der Waals surface area (Å²) in [6.07, 6.45) is 5.20. The van der Waals surface area contributed by atoms with Gasteiger partial charge in [-0.1, -0.05) is 0 Å². The minimum Gasteiger partial charge on any atom is -0.381 e. The van der Waals surface area contributed by atoms with Gasteiger partial charge in [-0.15, -0.1) is 0 Å². The van der Waals surface area contributed by atoms with Gasteiger partial charge in [-0.2, -0.15) is 0 Å². The van der Waals surface area contributed by atoms with Gasteiger partial charge in [-0.25, -0.2) is 9.78 Å². The van der Waals surface area contributed by atoms with Crippen molar-refractivity contribution in [3.8, 4) is 0 Å². The second-order valence-corrected chi connectivity index (χ2v) is 6.27. The fraction of sp³-hybridized carbons (Fsp3) is 0.647. The maximum Gasteiger partial charge on any atom is 0.321 e. The first kappa shape index (κ1) is 16.1. The summed E-state index contributed by atoms with van der Waals surface area (Å²) in [5.74, 6) is 1.34. The van der Waals surface area contributed by atoms with Crippen LogP contribution in [-0.4, -0.2) is 55.3 Å². The molecule has 1 aromatic rings. The average molecular weight is 318 g/mol. The highest BCUT2D eigenvalue weighted by Gasteiger charge is 2.23. The van der Waals surface area contributed by atoms with E-state index in [0.29, 0.717) is 12.5 Å². The van der Waals surface area contributed by atoms with Crippen molar-refractivity contribution in [2.45, 2.75) is 26.2 Å². The molecule has 23 heavy (non-hydrogen) atoms. The molecule has 2 saturated heterocycles. The van der Waals surface area contributed by atoms with Crippen LogP contribution in [0.4, 0.5) is 16.3 Å². The molecular formula is C17H26N4O2. The number of pyridine rings is 1. The summed E-state index contributed by atoms with van der Waals surface area (Å²) in [5.41, 5.74) is 0.806. The first-order valence-electron chi connectivity index (χ1n) is 8.61. The van der Waals surface area contributed by atoms with Crippen molar-refractivity contribution < 1.29 is 9.53 Å². The van der Waals surface area contributed by atoms with Crippen LogP contribution in [0.15, 0.2) is 18.3 Å². The van der Waals surface area contributed by atoms with Gasteiger partial charge < -0.3 is 19.9 Å². The molecule has 6 heteroatoms. The molecule has 3 heterocycles. The topological polar surface area (TPSA) is 57.7 Å². The molecule has 0 radical (unpaired) electrons. The zero-order valence-corrected chi connectivity index (χ0v) is 13.8. The van der Waals surface area contributed by atoms with Crippen LogP contribution in [0.1, 0.15) is 26.2 Å². The van der Waals surface area contributed by atoms with Gasteiger partial charge in [0.25, 0.3) is 0 Å². The first-order chi connectivity index (χ1) is 11.3. The minimum absolute atomic E-state index is 0.0483. The van der Waals surface area contributed by atoms with Crippen LogP contribution in [0, 0.1) is 5.92 Å². The molecule has 0 aromatic carbocycles. The Bertz CT molecular complexity index is 525. The number of ether oxygens (including phenoxy) is 1. The summed E-state index contributed by atoms with van der Waals surface area (Å²) in [5, 5.41) is 3.05. The molecule has 0 bridgehead atoms. The van der Waals surface area contributed by atoms with Gasteiger partial charge >= 0.3 is 6.03 Å². The van der Waals surface area contributed by atoms with E-state index in [1.807, 2.05) is 24.0 Å². The fourth-order valence-electron chi connectivity index (χ4n) is 3.26. The van der Waals surface area contributed by atoms with Gasteiger partial charge in [0.15, 0.2) is 5.82 Å². The quantitative estimate of drug-likeness (QED) is 0.906. The van der Waals surface area contributed by atoms with E-state index in [0.717, 1.165) is 50.8 Å². The lowest BCUT2D eigenvalue weighted by atomic mass is 10.1. The van der Waals surface area contributed by atoms with E-state index in [-0.39, 0.29) is 6.03 Å². The summed E-state index contributed by atoms with van der Waals surface area (Å²) in [7, 11) is 0. The molecule has 6 nitrogen and oxygen atoms in total. The number of nitrogens with one attached hydrogen (secondary N) is 1. The van der Waals surface area contributed by atoms with Crippen molar-refractivity contribution in [3.63, 3.8) is 0 Å². The molecule has 1 N–H and O–H groups in total. The molecule has 2 fully saturated rings. The number of carbonyl (C=O) groups excluding carboxylic acids is 1. The third-order valence-electron chi connectivity index (χ3n) is 4.61. The minimum atomic E-state index is -0.0483. The molecule has 1 aromatic heterocycles. The smallest absolute Gasteiger partial charge is 0.321 e. The molecule has 2 aliphatic heterocycles. The lowest BCUT2D eigenvalue weighted by molar-refractivity contribution is 0.171. The van der Waals surface area contributed by atoms with Crippen molar-refractivity contribution in [2.24, 2.45) is 5.92 Å². The number of rotatable bonds is 5. The van der Waals surface area contributed by atoms with Gasteiger partial charge in [-0.05, 0) is 38.3 Å². The molecule has 0 aliphatic carbocycles. The second-order valence-electron chi connectivity index (χ2n) is 6.27. The molecule has 0 spiro atoms. The number of carbonyl (C=O) groups is 1. The molecule has 126 valence electrons. The van der Waals surface area contributed by atoms with Crippen molar-refractivity contribution >= 4 is 17.5 Å². The van der Waals surface area contributed by atoms with Gasteiger partial charge in [-0.3, -0.25) is 0 Å². The largest absolute Gasteiger partial charge is 0.381 e. The highest BCUT2D eigenvalue weighted by atomic mass is 16.5. The number of urea groups is 1. The monoisotopic (exact) mass is 318 g/mol. The van der Waals surface area contributed by atoms with E-state index in [1.54, 1.807) is 6.20 Å². The number of aromatic nitrogens is 1. The van der Waals surface area contributed by atoms with Gasteiger partial charge in [0, 0.05) is 44.9 Å². The Morgan fingerprint density at radius 3 is 3.00 bits per heavy atom. The maximum atomic E-state index is 12.6. The summed E-state index contributed by atoms with van der Waals surface area (Å²) >= 11 is 0. The average Bonchev–Trinajstić information content (AvgIpc) is 3.26. The Hall–Kier alpha value is -1.82. The zero-order chi connectivity index (χ0) is 16.1. The van der Waals surface area contributed by atoms with E-state index in [4.69, 9.17) is 4.74 Å². The third-order valence-corrected chi connectivity index (χ3v) is 4.61. The molecule has 0 saturated carbocycles. The van der Waals surface area contributed by atoms with Gasteiger partial charge in [0.05, 0.1) is 12.3 Å². The van der Waals surface area contributed by atoms with Crippen molar-refractivity contribution in [2.75, 3.05) is 49.6 Å². The van der Waals surface area contributed by atoms with Crippen LogP contribution in [0.2, 0.25) is 0 Å². The lowest BCUT2D eigenvalue weighted by Crippen LogP contribution is -2.39. The zero-order valence-electron chi connectivity index (χ0n) is 13.8. The molecule has 1 atom stereocenters. The Labute approximate surface area is 137 Å². The normalized spacial score (nSPS) is 20.7. The standard InChI is InChI=1S/C17H26N4O2/c1-2-20(12-14-7-11-23-13-14)17(22)19-15-6-5-8-18-16(15)21-9-3-4-10-21/h5-6,8,14H,2-4,7,9-13H2,1H3,(H,19,22)/t14-/m1/s1. The van der Waals surface area contributed by atoms with E-state index >= 15 is 0 Å². The van der Waals surface area contributed by atoms with E-state index in [1.165, 1.54) is 12.8 Å². The number of hydrogen-bond donors (Lipinski definition) is 1. The SMILES string of the molecule is CCN(C[C@H]1CCOC1)C(=O)Nc1cccnc1N1CCCC1.